The number of carbonyl (C=O) groups excluding carboxylic acids is 1. The predicted octanol–water partition coefficient (Wildman–Crippen LogP) is -1.14. The molecule has 21 heavy (non-hydrogen) atoms. The molecule has 0 fully saturated rings. The summed E-state index contributed by atoms with van der Waals surface area (Å²) in [6, 6.07) is 0. The molecule has 0 aromatic heterocycles. The average Bonchev–Trinajstić information content (AvgIpc) is 2.35. The molecule has 0 saturated heterocycles. The third kappa shape index (κ3) is 20.3. The van der Waals surface area contributed by atoms with E-state index >= 15 is 0 Å². The zero-order valence-electron chi connectivity index (χ0n) is 13.9. The molecule has 3 N–H and O–H groups in total. The minimum Gasteiger partial charge on any atom is -0.545 e. The van der Waals surface area contributed by atoms with Gasteiger partial charge >= 0.3 is 57.4 Å². The Bertz CT molecular complexity index is 284. The first-order valence-electron chi connectivity index (χ1n) is 7.22. The first-order chi connectivity index (χ1) is 9.31. The second-order valence-electron chi connectivity index (χ2n) is 4.96. The summed E-state index contributed by atoms with van der Waals surface area (Å²) in [5.41, 5.74) is 6.46. The minimum absolute atomic E-state index is 0. The van der Waals surface area contributed by atoms with Crippen LogP contribution < -0.4 is 62.2 Å². The zero-order chi connectivity index (χ0) is 16.0. The Hall–Kier alpha value is 0.276. The average molecular weight is 325 g/mol. The van der Waals surface area contributed by atoms with Crippen molar-refractivity contribution in [3.05, 3.63) is 12.2 Å². The van der Waals surface area contributed by atoms with Crippen LogP contribution in [0.1, 0.15) is 65.7 Å². The molecule has 0 heterocycles. The fraction of sp³-hybridized carbons (Fsp3) is 0.733. The van der Waals surface area contributed by atoms with Crippen LogP contribution in [0.4, 0.5) is 0 Å². The molecule has 0 aliphatic rings. The van der Waals surface area contributed by atoms with Gasteiger partial charge in [-0.05, 0) is 25.3 Å². The van der Waals surface area contributed by atoms with Crippen LogP contribution in [-0.4, -0.2) is 22.6 Å². The molecule has 0 unspecified atom stereocenters. The number of rotatable bonds is 9. The van der Waals surface area contributed by atoms with E-state index in [9.17, 15) is 14.7 Å². The van der Waals surface area contributed by atoms with Crippen molar-refractivity contribution in [2.75, 3.05) is 0 Å². The second kappa shape index (κ2) is 16.6. The summed E-state index contributed by atoms with van der Waals surface area (Å²) in [4.78, 5) is 19.0. The van der Waals surface area contributed by atoms with Crippen molar-refractivity contribution < 1.29 is 71.2 Å². The summed E-state index contributed by atoms with van der Waals surface area (Å²) in [6.45, 7) is 6.69. The standard InChI is InChI=1S/C11H25N.C4H4O4.K/c1-4-7-10-11(12,8-5-2)9-6-3;5-3(6)1-2-4(7)8;/h4-10,12H2,1-3H3;1-2H,(H,5,6)(H,7,8);/q;;+1/p-1. The van der Waals surface area contributed by atoms with Gasteiger partial charge in [-0.1, -0.05) is 46.5 Å². The minimum atomic E-state index is -1.51. The van der Waals surface area contributed by atoms with Crippen molar-refractivity contribution >= 4 is 11.9 Å². The number of aliphatic carboxylic acids is 2. The van der Waals surface area contributed by atoms with Gasteiger partial charge in [0.15, 0.2) is 0 Å². The molecule has 0 aromatic carbocycles. The number of hydrogen-bond donors (Lipinski definition) is 2. The van der Waals surface area contributed by atoms with Crippen LogP contribution in [0, 0.1) is 0 Å². The summed E-state index contributed by atoms with van der Waals surface area (Å²) < 4.78 is 0. The van der Waals surface area contributed by atoms with E-state index in [1.807, 2.05) is 0 Å². The maximum absolute atomic E-state index is 9.53. The molecular weight excluding hydrogens is 297 g/mol. The molecule has 0 aliphatic heterocycles. The maximum Gasteiger partial charge on any atom is 1.00 e. The largest absolute Gasteiger partial charge is 1.00 e. The van der Waals surface area contributed by atoms with Gasteiger partial charge in [-0.2, -0.15) is 0 Å². The molecule has 0 amide bonds. The Morgan fingerprint density at radius 2 is 1.52 bits per heavy atom. The normalized spacial score (nSPS) is 10.5. The molecule has 0 radical (unpaired) electrons. The molecule has 0 spiro atoms. The fourth-order valence-electron chi connectivity index (χ4n) is 2.04. The fourth-order valence-corrected chi connectivity index (χ4v) is 2.04. The summed E-state index contributed by atoms with van der Waals surface area (Å²) in [5, 5.41) is 17.2. The molecule has 0 aliphatic carbocycles. The third-order valence-electron chi connectivity index (χ3n) is 2.89. The third-order valence-corrected chi connectivity index (χ3v) is 2.89. The van der Waals surface area contributed by atoms with Crippen molar-refractivity contribution in [3.63, 3.8) is 0 Å². The van der Waals surface area contributed by atoms with Gasteiger partial charge in [0, 0.05) is 11.6 Å². The van der Waals surface area contributed by atoms with Crippen LogP contribution in [0.3, 0.4) is 0 Å². The van der Waals surface area contributed by atoms with Crippen LogP contribution in [0.25, 0.3) is 0 Å². The zero-order valence-corrected chi connectivity index (χ0v) is 17.0. The summed E-state index contributed by atoms with van der Waals surface area (Å²) in [6.07, 6.45) is 9.55. The maximum atomic E-state index is 9.53. The van der Waals surface area contributed by atoms with Gasteiger partial charge in [0.05, 0.1) is 5.97 Å². The van der Waals surface area contributed by atoms with Gasteiger partial charge < -0.3 is 20.7 Å². The van der Waals surface area contributed by atoms with Crippen molar-refractivity contribution in [1.29, 1.82) is 0 Å². The number of hydrogen-bond acceptors (Lipinski definition) is 4. The van der Waals surface area contributed by atoms with Gasteiger partial charge in [-0.3, -0.25) is 0 Å². The molecule has 0 bridgehead atoms. The van der Waals surface area contributed by atoms with Crippen LogP contribution >= 0.6 is 0 Å². The van der Waals surface area contributed by atoms with Gasteiger partial charge in [-0.15, -0.1) is 0 Å². The van der Waals surface area contributed by atoms with E-state index in [4.69, 9.17) is 10.8 Å². The molecule has 5 nitrogen and oxygen atoms in total. The molecule has 118 valence electrons. The first kappa shape index (κ1) is 26.2. The quantitative estimate of drug-likeness (QED) is 0.412. The monoisotopic (exact) mass is 325 g/mol. The Morgan fingerprint density at radius 3 is 1.76 bits per heavy atom. The smallest absolute Gasteiger partial charge is 0.545 e. The van der Waals surface area contributed by atoms with E-state index in [1.165, 1.54) is 44.9 Å². The van der Waals surface area contributed by atoms with E-state index in [1.54, 1.807) is 0 Å². The summed E-state index contributed by atoms with van der Waals surface area (Å²) in [5.74, 6) is -2.80. The summed E-state index contributed by atoms with van der Waals surface area (Å²) >= 11 is 0. The molecule has 0 rings (SSSR count). The summed E-state index contributed by atoms with van der Waals surface area (Å²) in [7, 11) is 0. The van der Waals surface area contributed by atoms with Crippen molar-refractivity contribution in [1.82, 2.24) is 0 Å². The van der Waals surface area contributed by atoms with Gasteiger partial charge in [0.25, 0.3) is 0 Å². The number of unbranched alkanes of at least 4 members (excludes halogenated alkanes) is 1. The number of carboxylic acids is 2. The van der Waals surface area contributed by atoms with Crippen molar-refractivity contribution in [2.24, 2.45) is 5.73 Å². The Kier molecular flexibility index (Phi) is 20.8. The SMILES string of the molecule is CCCCC(N)(CCC)CCC.O=C([O-])C=CC(=O)O.[K+]. The topological polar surface area (TPSA) is 103 Å². The van der Waals surface area contributed by atoms with Crippen LogP contribution in [-0.2, 0) is 9.59 Å². The van der Waals surface area contributed by atoms with E-state index in [0.717, 1.165) is 0 Å². The van der Waals surface area contributed by atoms with E-state index < -0.39 is 11.9 Å². The molecular formula is C15H28KNO4. The van der Waals surface area contributed by atoms with Gasteiger partial charge in [0.1, 0.15) is 0 Å². The van der Waals surface area contributed by atoms with Crippen molar-refractivity contribution in [2.45, 2.75) is 71.3 Å². The van der Waals surface area contributed by atoms with Gasteiger partial charge in [-0.25, -0.2) is 4.79 Å². The van der Waals surface area contributed by atoms with Crippen molar-refractivity contribution in [3.8, 4) is 0 Å². The second-order valence-corrected chi connectivity index (χ2v) is 4.96. The Balaban J connectivity index is -0.000000317. The van der Waals surface area contributed by atoms with Crippen LogP contribution in [0.2, 0.25) is 0 Å². The van der Waals surface area contributed by atoms with Gasteiger partial charge in [0.2, 0.25) is 0 Å². The molecule has 0 saturated carbocycles. The first-order valence-corrected chi connectivity index (χ1v) is 7.22. The van der Waals surface area contributed by atoms with E-state index in [0.29, 0.717) is 12.2 Å². The predicted molar refractivity (Wildman–Crippen MR) is 78.0 cm³/mol. The van der Waals surface area contributed by atoms with Crippen LogP contribution in [0.15, 0.2) is 12.2 Å². The number of carbonyl (C=O) groups is 2. The molecule has 6 heteroatoms. The van der Waals surface area contributed by atoms with Crippen LogP contribution in [0.5, 0.6) is 0 Å². The molecule has 0 atom stereocenters. The van der Waals surface area contributed by atoms with E-state index in [2.05, 4.69) is 20.8 Å². The Morgan fingerprint density at radius 1 is 1.05 bits per heavy atom. The molecule has 0 aromatic rings. The number of carboxylic acid groups (broad SMARTS) is 2. The Labute approximate surface area is 170 Å². The van der Waals surface area contributed by atoms with E-state index in [-0.39, 0.29) is 56.9 Å². The number of nitrogens with two attached hydrogens (primary N) is 1.